The molecule has 15 nitrogen and oxygen atoms in total. The van der Waals surface area contributed by atoms with E-state index in [1.807, 2.05) is 0 Å². The summed E-state index contributed by atoms with van der Waals surface area (Å²) >= 11 is 0. The van der Waals surface area contributed by atoms with E-state index in [1.165, 1.54) is 26.3 Å². The number of aromatic hydroxyl groups is 1. The van der Waals surface area contributed by atoms with Crippen LogP contribution >= 0.6 is 0 Å². The van der Waals surface area contributed by atoms with Gasteiger partial charge in [-0.05, 0) is 25.0 Å². The van der Waals surface area contributed by atoms with Gasteiger partial charge in [-0.1, -0.05) is 0 Å². The SMILES string of the molecule is CN=C(N)NC(CCO)c1c(C)cc2c(c1O)C(=O)c1c(OC3OC(CO)C(O)C(O)C3O)cc(OC)c(CO)c1C2=O. The van der Waals surface area contributed by atoms with Crippen molar-refractivity contribution in [3.8, 4) is 17.2 Å². The maximum absolute atomic E-state index is 14.2. The topological polar surface area (TPSA) is 254 Å². The molecule has 0 bridgehead atoms. The molecule has 2 aromatic rings. The van der Waals surface area contributed by atoms with Gasteiger partial charge in [0.05, 0.1) is 37.5 Å². The lowest BCUT2D eigenvalue weighted by molar-refractivity contribution is -0.277. The minimum Gasteiger partial charge on any atom is -0.507 e. The fourth-order valence-electron chi connectivity index (χ4n) is 5.46. The van der Waals surface area contributed by atoms with Crippen LogP contribution in [-0.4, -0.2) is 111 Å². The predicted octanol–water partition coefficient (Wildman–Crippen LogP) is -1.89. The van der Waals surface area contributed by atoms with E-state index < -0.39 is 72.8 Å². The summed E-state index contributed by atoms with van der Waals surface area (Å²) in [5, 5.41) is 74.7. The number of methoxy groups -OCH3 is 1. The van der Waals surface area contributed by atoms with Crippen molar-refractivity contribution in [2.75, 3.05) is 27.4 Å². The van der Waals surface area contributed by atoms with E-state index in [0.717, 1.165) is 0 Å². The number of hydrogen-bond donors (Lipinski definition) is 9. The summed E-state index contributed by atoms with van der Waals surface area (Å²) in [7, 11) is 2.68. The van der Waals surface area contributed by atoms with Crippen LogP contribution in [0.25, 0.3) is 0 Å². The molecule has 2 aromatic carbocycles. The fraction of sp³-hybridized carbons (Fsp3) is 0.464. The molecule has 1 saturated heterocycles. The zero-order valence-electron chi connectivity index (χ0n) is 23.6. The second-order valence-electron chi connectivity index (χ2n) is 10.1. The summed E-state index contributed by atoms with van der Waals surface area (Å²) in [4.78, 5) is 32.0. The summed E-state index contributed by atoms with van der Waals surface area (Å²) < 4.78 is 16.6. The molecule has 234 valence electrons. The van der Waals surface area contributed by atoms with Gasteiger partial charge in [-0.25, -0.2) is 0 Å². The number of nitrogens with one attached hydrogen (secondary N) is 1. The lowest BCUT2D eigenvalue weighted by atomic mass is 9.78. The van der Waals surface area contributed by atoms with Crippen molar-refractivity contribution in [1.29, 1.82) is 0 Å². The number of rotatable bonds is 9. The van der Waals surface area contributed by atoms with E-state index in [1.54, 1.807) is 6.92 Å². The zero-order valence-corrected chi connectivity index (χ0v) is 23.6. The molecule has 15 heteroatoms. The standard InChI is InChI=1S/C28H35N3O12/c1-10-6-11-19(23(37)17(10)13(4-5-32)31-28(29)30-2)24(38)20-15(7-14(41-3)12(8-33)18(20)21(11)35)42-27-26(40)25(39)22(36)16(9-34)43-27/h6-7,13,16,22,25-27,32-34,36-37,39-40H,4-5,8-9H2,1-3H3,(H3,29,30,31). The quantitative estimate of drug-likeness (QED) is 0.0955. The molecule has 0 aromatic heterocycles. The highest BCUT2D eigenvalue weighted by Crippen LogP contribution is 2.45. The zero-order chi connectivity index (χ0) is 31.7. The Kier molecular flexibility index (Phi) is 9.56. The van der Waals surface area contributed by atoms with E-state index >= 15 is 0 Å². The van der Waals surface area contributed by atoms with Crippen molar-refractivity contribution in [3.05, 3.63) is 51.1 Å². The van der Waals surface area contributed by atoms with Crippen LogP contribution in [0, 0.1) is 6.92 Å². The third kappa shape index (κ3) is 5.51. The van der Waals surface area contributed by atoms with E-state index in [2.05, 4.69) is 10.3 Å². The molecule has 4 rings (SSSR count). The van der Waals surface area contributed by atoms with Gasteiger partial charge >= 0.3 is 0 Å². The lowest BCUT2D eigenvalue weighted by Crippen LogP contribution is -2.60. The number of carbonyl (C=O) groups is 2. The summed E-state index contributed by atoms with van der Waals surface area (Å²) in [5.41, 5.74) is 5.12. The second-order valence-corrected chi connectivity index (χ2v) is 10.1. The summed E-state index contributed by atoms with van der Waals surface area (Å²) in [6.45, 7) is -0.189. The molecule has 0 amide bonds. The highest BCUT2D eigenvalue weighted by atomic mass is 16.7. The van der Waals surface area contributed by atoms with Crippen molar-refractivity contribution >= 4 is 17.5 Å². The number of carbonyl (C=O) groups excluding carboxylic acids is 2. The molecule has 6 unspecified atom stereocenters. The first-order valence-corrected chi connectivity index (χ1v) is 13.3. The molecule has 1 heterocycles. The average Bonchev–Trinajstić information content (AvgIpc) is 2.98. The summed E-state index contributed by atoms with van der Waals surface area (Å²) in [5.74, 6) is -2.62. The number of phenolic OH excluding ortho intramolecular Hbond substituents is 1. The first-order valence-electron chi connectivity index (χ1n) is 13.3. The lowest BCUT2D eigenvalue weighted by Gasteiger charge is -2.40. The average molecular weight is 606 g/mol. The van der Waals surface area contributed by atoms with Crippen molar-refractivity contribution in [2.45, 2.75) is 56.7 Å². The number of fused-ring (bicyclic) bond motifs is 2. The normalized spacial score (nSPS) is 24.3. The molecular formula is C28H35N3O12. The minimum absolute atomic E-state index is 0.00221. The van der Waals surface area contributed by atoms with Gasteiger partial charge in [0, 0.05) is 42.0 Å². The predicted molar refractivity (Wildman–Crippen MR) is 148 cm³/mol. The molecule has 6 atom stereocenters. The number of aliphatic imine (C=N–C) groups is 1. The number of aliphatic hydroxyl groups excluding tert-OH is 6. The fourth-order valence-corrected chi connectivity index (χ4v) is 5.46. The highest BCUT2D eigenvalue weighted by molar-refractivity contribution is 6.31. The molecule has 0 saturated carbocycles. The Morgan fingerprint density at radius 2 is 1.74 bits per heavy atom. The van der Waals surface area contributed by atoms with E-state index in [0.29, 0.717) is 5.56 Å². The molecule has 1 aliphatic heterocycles. The Labute approximate surface area is 245 Å². The Balaban J connectivity index is 1.92. The van der Waals surface area contributed by atoms with Gasteiger partial charge in [0.2, 0.25) is 12.1 Å². The van der Waals surface area contributed by atoms with Crippen LogP contribution in [0.15, 0.2) is 17.1 Å². The number of nitrogens with two attached hydrogens (primary N) is 1. The van der Waals surface area contributed by atoms with Crippen molar-refractivity contribution < 1.29 is 59.5 Å². The third-order valence-corrected chi connectivity index (χ3v) is 7.63. The molecule has 1 aliphatic carbocycles. The maximum atomic E-state index is 14.2. The molecular weight excluding hydrogens is 570 g/mol. The first-order chi connectivity index (χ1) is 20.4. The van der Waals surface area contributed by atoms with Crippen LogP contribution in [0.2, 0.25) is 0 Å². The molecule has 43 heavy (non-hydrogen) atoms. The molecule has 1 fully saturated rings. The Hall–Kier alpha value is -3.83. The van der Waals surface area contributed by atoms with Gasteiger partial charge in [-0.2, -0.15) is 0 Å². The molecule has 0 radical (unpaired) electrons. The van der Waals surface area contributed by atoms with Crippen molar-refractivity contribution in [1.82, 2.24) is 5.32 Å². The number of benzene rings is 2. The molecule has 2 aliphatic rings. The minimum atomic E-state index is -1.85. The number of aryl methyl sites for hydroxylation is 1. The van der Waals surface area contributed by atoms with Gasteiger partial charge in [-0.3, -0.25) is 14.6 Å². The number of phenols is 1. The first kappa shape index (κ1) is 32.1. The number of nitrogens with zero attached hydrogens (tertiary/aromatic N) is 1. The number of hydrogen-bond acceptors (Lipinski definition) is 13. The summed E-state index contributed by atoms with van der Waals surface area (Å²) in [6, 6.07) is 1.76. The van der Waals surface area contributed by atoms with Gasteiger partial charge in [0.25, 0.3) is 0 Å². The van der Waals surface area contributed by atoms with Crippen molar-refractivity contribution in [3.63, 3.8) is 0 Å². The summed E-state index contributed by atoms with van der Waals surface area (Å²) in [6.07, 6.45) is -8.34. The van der Waals surface area contributed by atoms with Gasteiger partial charge < -0.3 is 61.0 Å². The highest BCUT2D eigenvalue weighted by Gasteiger charge is 2.46. The van der Waals surface area contributed by atoms with Gasteiger partial charge in [0.1, 0.15) is 41.7 Å². The van der Waals surface area contributed by atoms with E-state index in [-0.39, 0.29) is 58.3 Å². The monoisotopic (exact) mass is 605 g/mol. The molecule has 10 N–H and O–H groups in total. The Morgan fingerprint density at radius 3 is 2.33 bits per heavy atom. The van der Waals surface area contributed by atoms with E-state index in [9.17, 15) is 45.3 Å². The largest absolute Gasteiger partial charge is 0.507 e. The van der Waals surface area contributed by atoms with Gasteiger partial charge in [0.15, 0.2) is 11.7 Å². The van der Waals surface area contributed by atoms with Crippen molar-refractivity contribution in [2.24, 2.45) is 10.7 Å². The van der Waals surface area contributed by atoms with Crippen LogP contribution in [0.4, 0.5) is 0 Å². The van der Waals surface area contributed by atoms with Crippen LogP contribution in [0.3, 0.4) is 0 Å². The van der Waals surface area contributed by atoms with Crippen LogP contribution in [0.1, 0.15) is 61.0 Å². The smallest absolute Gasteiger partial charge is 0.229 e. The Bertz CT molecular complexity index is 1440. The van der Waals surface area contributed by atoms with Crippen LogP contribution < -0.4 is 20.5 Å². The number of aliphatic hydroxyl groups is 6. The van der Waals surface area contributed by atoms with Gasteiger partial charge in [-0.15, -0.1) is 0 Å². The van der Waals surface area contributed by atoms with Crippen LogP contribution in [-0.2, 0) is 11.3 Å². The number of ether oxygens (including phenoxy) is 3. The maximum Gasteiger partial charge on any atom is 0.229 e. The number of guanidine groups is 1. The third-order valence-electron chi connectivity index (χ3n) is 7.63. The van der Waals surface area contributed by atoms with Crippen LogP contribution in [0.5, 0.6) is 17.2 Å². The Morgan fingerprint density at radius 1 is 1.05 bits per heavy atom. The number of ketones is 2. The second kappa shape index (κ2) is 12.8. The molecule has 0 spiro atoms. The van der Waals surface area contributed by atoms with E-state index in [4.69, 9.17) is 19.9 Å².